The molecule has 5 heteroatoms. The van der Waals surface area contributed by atoms with Crippen LogP contribution in [0.2, 0.25) is 5.04 Å². The van der Waals surface area contributed by atoms with Gasteiger partial charge in [0.05, 0.1) is 32.8 Å². The topological polar surface area (TPSA) is 44.8 Å². The lowest BCUT2D eigenvalue weighted by Gasteiger charge is -2.44. The number of hydrogen-bond donors (Lipinski definition) is 0. The Morgan fingerprint density at radius 1 is 0.865 bits per heavy atom. The number of carbonyl (C=O) groups excluding carboxylic acids is 1. The highest BCUT2D eigenvalue weighted by molar-refractivity contribution is 6.99. The van der Waals surface area contributed by atoms with Gasteiger partial charge in [-0.25, -0.2) is 0 Å². The normalized spacial score (nSPS) is 13.9. The molecule has 2 atom stereocenters. The monoisotopic (exact) mass is 516 g/mol. The molecular formula is C32H40O4Si. The van der Waals surface area contributed by atoms with Gasteiger partial charge in [-0.05, 0) is 21.0 Å². The van der Waals surface area contributed by atoms with Crippen LogP contribution in [0, 0.1) is 5.92 Å². The second kappa shape index (κ2) is 13.5. The molecule has 0 bridgehead atoms. The molecule has 0 aliphatic rings. The molecule has 0 amide bonds. The van der Waals surface area contributed by atoms with Crippen LogP contribution in [-0.2, 0) is 25.3 Å². The average Bonchev–Trinajstić information content (AvgIpc) is 2.91. The standard InChI is InChI=1S/C32H40O4Si/c1-26(16-15-23-31(33)34-5)30(35-24-27-17-9-6-10-18-27)25-36-37(32(2,3)4,28-19-11-7-12-20-28)29-21-13-8-14-22-29/h6-22,26,30H,23-25H2,1-5H3/b16-15+/t26-,30-/m0/s1. The Kier molecular flexibility index (Phi) is 10.4. The molecule has 0 saturated carbocycles. The van der Waals surface area contributed by atoms with E-state index in [-0.39, 0.29) is 29.5 Å². The highest BCUT2D eigenvalue weighted by Gasteiger charge is 2.50. The van der Waals surface area contributed by atoms with Gasteiger partial charge in [0.25, 0.3) is 8.32 Å². The molecule has 3 aromatic rings. The maximum Gasteiger partial charge on any atom is 0.309 e. The van der Waals surface area contributed by atoms with Gasteiger partial charge in [-0.3, -0.25) is 4.79 Å². The van der Waals surface area contributed by atoms with Gasteiger partial charge in [-0.1, -0.05) is 131 Å². The summed E-state index contributed by atoms with van der Waals surface area (Å²) in [5.74, 6) is -0.222. The van der Waals surface area contributed by atoms with Crippen LogP contribution >= 0.6 is 0 Å². The van der Waals surface area contributed by atoms with Crippen molar-refractivity contribution in [3.05, 3.63) is 109 Å². The summed E-state index contributed by atoms with van der Waals surface area (Å²) in [5.41, 5.74) is 1.11. The molecule has 0 saturated heterocycles. The number of ether oxygens (including phenoxy) is 2. The Hall–Kier alpha value is -2.99. The van der Waals surface area contributed by atoms with Gasteiger partial charge in [-0.15, -0.1) is 0 Å². The summed E-state index contributed by atoms with van der Waals surface area (Å²) in [6.07, 6.45) is 3.93. The predicted octanol–water partition coefficient (Wildman–Crippen LogP) is 5.90. The Morgan fingerprint density at radius 2 is 1.38 bits per heavy atom. The Balaban J connectivity index is 1.94. The molecule has 0 fully saturated rings. The van der Waals surface area contributed by atoms with Crippen molar-refractivity contribution >= 4 is 24.7 Å². The van der Waals surface area contributed by atoms with Crippen LogP contribution in [-0.4, -0.2) is 34.1 Å². The molecule has 3 rings (SSSR count). The van der Waals surface area contributed by atoms with Crippen molar-refractivity contribution in [2.24, 2.45) is 5.92 Å². The van der Waals surface area contributed by atoms with Crippen LogP contribution in [0.5, 0.6) is 0 Å². The molecular weight excluding hydrogens is 476 g/mol. The largest absolute Gasteiger partial charge is 0.469 e. The zero-order chi connectivity index (χ0) is 26.7. The summed E-state index contributed by atoms with van der Waals surface area (Å²) < 4.78 is 18.4. The number of benzene rings is 3. The summed E-state index contributed by atoms with van der Waals surface area (Å²) in [6, 6.07) is 31.5. The molecule has 0 heterocycles. The molecule has 3 aromatic carbocycles. The van der Waals surface area contributed by atoms with Gasteiger partial charge in [-0.2, -0.15) is 0 Å². The van der Waals surface area contributed by atoms with E-state index in [1.54, 1.807) is 0 Å². The van der Waals surface area contributed by atoms with E-state index in [1.807, 2.05) is 30.4 Å². The first kappa shape index (κ1) is 28.6. The molecule has 0 radical (unpaired) electrons. The third-order valence-corrected chi connectivity index (χ3v) is 11.7. The first-order valence-corrected chi connectivity index (χ1v) is 14.8. The SMILES string of the molecule is COC(=O)C/C=C/[C@H](C)[C@H](CO[Si](c1ccccc1)(c1ccccc1)C(C)(C)C)OCc1ccccc1. The molecule has 37 heavy (non-hydrogen) atoms. The van der Waals surface area contributed by atoms with Gasteiger partial charge in [0.15, 0.2) is 0 Å². The van der Waals surface area contributed by atoms with Crippen molar-refractivity contribution in [2.45, 2.75) is 51.9 Å². The van der Waals surface area contributed by atoms with Crippen LogP contribution in [0.25, 0.3) is 0 Å². The maximum absolute atomic E-state index is 11.6. The molecule has 196 valence electrons. The van der Waals surface area contributed by atoms with Crippen molar-refractivity contribution in [1.29, 1.82) is 0 Å². The van der Waals surface area contributed by atoms with E-state index in [0.29, 0.717) is 13.2 Å². The summed E-state index contributed by atoms with van der Waals surface area (Å²) in [6.45, 7) is 9.86. The molecule has 0 aliphatic carbocycles. The maximum atomic E-state index is 11.6. The number of carbonyl (C=O) groups is 1. The highest BCUT2D eigenvalue weighted by Crippen LogP contribution is 2.37. The van der Waals surface area contributed by atoms with Crippen molar-refractivity contribution in [3.8, 4) is 0 Å². The van der Waals surface area contributed by atoms with Crippen LogP contribution in [0.3, 0.4) is 0 Å². The van der Waals surface area contributed by atoms with Crippen LogP contribution in [0.1, 0.15) is 39.7 Å². The predicted molar refractivity (Wildman–Crippen MR) is 154 cm³/mol. The highest BCUT2D eigenvalue weighted by atomic mass is 28.4. The number of methoxy groups -OCH3 is 1. The van der Waals surface area contributed by atoms with E-state index in [4.69, 9.17) is 13.9 Å². The molecule has 0 N–H and O–H groups in total. The fraction of sp³-hybridized carbons (Fsp3) is 0.344. The van der Waals surface area contributed by atoms with Gasteiger partial charge in [0.1, 0.15) is 0 Å². The third-order valence-electron chi connectivity index (χ3n) is 6.73. The lowest BCUT2D eigenvalue weighted by atomic mass is 10.0. The molecule has 0 unspecified atom stereocenters. The fourth-order valence-corrected chi connectivity index (χ4v) is 9.25. The first-order valence-electron chi connectivity index (χ1n) is 12.9. The minimum absolute atomic E-state index is 0.0339. The number of rotatable bonds is 12. The summed E-state index contributed by atoms with van der Waals surface area (Å²) in [5, 5.41) is 2.36. The minimum atomic E-state index is -2.70. The zero-order valence-corrected chi connectivity index (χ0v) is 23.7. The summed E-state index contributed by atoms with van der Waals surface area (Å²) in [7, 11) is -1.29. The molecule has 0 aromatic heterocycles. The van der Waals surface area contributed by atoms with Crippen molar-refractivity contribution < 1.29 is 18.7 Å². The third kappa shape index (κ3) is 7.51. The van der Waals surface area contributed by atoms with Gasteiger partial charge in [0, 0.05) is 5.92 Å². The fourth-order valence-electron chi connectivity index (χ4n) is 4.68. The Bertz CT molecular complexity index is 1070. The van der Waals surface area contributed by atoms with Crippen LogP contribution in [0.4, 0.5) is 0 Å². The second-order valence-electron chi connectivity index (χ2n) is 10.4. The van der Waals surface area contributed by atoms with E-state index in [2.05, 4.69) is 100 Å². The quantitative estimate of drug-likeness (QED) is 0.171. The summed E-state index contributed by atoms with van der Waals surface area (Å²) >= 11 is 0. The van der Waals surface area contributed by atoms with Gasteiger partial charge in [0.2, 0.25) is 0 Å². The van der Waals surface area contributed by atoms with Crippen molar-refractivity contribution in [2.75, 3.05) is 13.7 Å². The van der Waals surface area contributed by atoms with Crippen LogP contribution < -0.4 is 10.4 Å². The van der Waals surface area contributed by atoms with Gasteiger partial charge < -0.3 is 13.9 Å². The molecule has 4 nitrogen and oxygen atoms in total. The number of esters is 1. The zero-order valence-electron chi connectivity index (χ0n) is 22.7. The van der Waals surface area contributed by atoms with E-state index < -0.39 is 8.32 Å². The minimum Gasteiger partial charge on any atom is -0.469 e. The Morgan fingerprint density at radius 3 is 1.86 bits per heavy atom. The Labute approximate surface area is 223 Å². The lowest BCUT2D eigenvalue weighted by molar-refractivity contribution is -0.139. The van der Waals surface area contributed by atoms with Gasteiger partial charge >= 0.3 is 5.97 Å². The van der Waals surface area contributed by atoms with Crippen molar-refractivity contribution in [3.63, 3.8) is 0 Å². The van der Waals surface area contributed by atoms with E-state index in [1.165, 1.54) is 17.5 Å². The van der Waals surface area contributed by atoms with E-state index in [9.17, 15) is 4.79 Å². The van der Waals surface area contributed by atoms with Crippen molar-refractivity contribution in [1.82, 2.24) is 0 Å². The number of hydrogen-bond acceptors (Lipinski definition) is 4. The smallest absolute Gasteiger partial charge is 0.309 e. The van der Waals surface area contributed by atoms with E-state index in [0.717, 1.165) is 5.56 Å². The average molecular weight is 517 g/mol. The van der Waals surface area contributed by atoms with Crippen LogP contribution in [0.15, 0.2) is 103 Å². The summed E-state index contributed by atoms with van der Waals surface area (Å²) in [4.78, 5) is 11.6. The molecule has 0 aliphatic heterocycles. The lowest BCUT2D eigenvalue weighted by Crippen LogP contribution is -2.67. The first-order chi connectivity index (χ1) is 17.8. The second-order valence-corrected chi connectivity index (χ2v) is 14.7. The van der Waals surface area contributed by atoms with E-state index >= 15 is 0 Å². The molecule has 0 spiro atoms.